The predicted molar refractivity (Wildman–Crippen MR) is 116 cm³/mol. The Balaban J connectivity index is 1.47. The average molecular weight is 447 g/mol. The standard InChI is InChI=1S/C26H38O6/c1-13-23-21(32-24(13)29)11-20-18-7-6-16-10-17(30-14(2)27)8-9-25(16,4)19(18)12-22(26(20,23)5)31-15(3)28/h13,16-23H,6-12H2,1-5H3/t13-,16-,17-,18+,19-,20-,21-,22+,23-,25-,26+/m0/s1. The Morgan fingerprint density at radius 1 is 0.969 bits per heavy atom. The van der Waals surface area contributed by atoms with Crippen molar-refractivity contribution in [2.45, 2.75) is 97.9 Å². The first-order valence-corrected chi connectivity index (χ1v) is 12.6. The molecule has 0 aromatic rings. The van der Waals surface area contributed by atoms with Crippen LogP contribution in [0.3, 0.4) is 0 Å². The number of esters is 3. The van der Waals surface area contributed by atoms with Crippen molar-refractivity contribution in [1.82, 2.24) is 0 Å². The van der Waals surface area contributed by atoms with Crippen LogP contribution >= 0.6 is 0 Å². The predicted octanol–water partition coefficient (Wildman–Crippen LogP) is 4.29. The lowest BCUT2D eigenvalue weighted by Crippen LogP contribution is -2.59. The van der Waals surface area contributed by atoms with Crippen molar-refractivity contribution in [3.05, 3.63) is 0 Å². The number of carbonyl (C=O) groups excluding carboxylic acids is 3. The fourth-order valence-corrected chi connectivity index (χ4v) is 9.30. The van der Waals surface area contributed by atoms with Gasteiger partial charge in [0.25, 0.3) is 0 Å². The van der Waals surface area contributed by atoms with Crippen LogP contribution in [0.5, 0.6) is 0 Å². The molecule has 0 unspecified atom stereocenters. The van der Waals surface area contributed by atoms with Gasteiger partial charge in [0.15, 0.2) is 0 Å². The van der Waals surface area contributed by atoms with Gasteiger partial charge < -0.3 is 14.2 Å². The molecule has 0 aromatic heterocycles. The summed E-state index contributed by atoms with van der Waals surface area (Å²) in [5.74, 6) is 1.44. The van der Waals surface area contributed by atoms with Gasteiger partial charge in [0.1, 0.15) is 18.3 Å². The van der Waals surface area contributed by atoms with E-state index in [9.17, 15) is 14.4 Å². The van der Waals surface area contributed by atoms with Gasteiger partial charge in [-0.15, -0.1) is 0 Å². The van der Waals surface area contributed by atoms with Gasteiger partial charge in [0, 0.05) is 25.2 Å². The minimum Gasteiger partial charge on any atom is -0.463 e. The lowest BCUT2D eigenvalue weighted by molar-refractivity contribution is -0.197. The smallest absolute Gasteiger partial charge is 0.309 e. The highest BCUT2D eigenvalue weighted by Crippen LogP contribution is 2.70. The summed E-state index contributed by atoms with van der Waals surface area (Å²) in [5.41, 5.74) is -0.0551. The van der Waals surface area contributed by atoms with Crippen LogP contribution in [0.4, 0.5) is 0 Å². The molecule has 11 atom stereocenters. The van der Waals surface area contributed by atoms with Gasteiger partial charge in [-0.1, -0.05) is 20.8 Å². The Kier molecular flexibility index (Phi) is 5.18. The molecule has 1 aliphatic heterocycles. The van der Waals surface area contributed by atoms with Crippen LogP contribution < -0.4 is 0 Å². The molecule has 1 heterocycles. The van der Waals surface area contributed by atoms with E-state index in [0.717, 1.165) is 44.9 Å². The highest BCUT2D eigenvalue weighted by Gasteiger charge is 2.70. The molecular weight excluding hydrogens is 408 g/mol. The van der Waals surface area contributed by atoms with E-state index in [4.69, 9.17) is 14.2 Å². The monoisotopic (exact) mass is 446 g/mol. The summed E-state index contributed by atoms with van der Waals surface area (Å²) < 4.78 is 17.5. The molecule has 4 aliphatic carbocycles. The topological polar surface area (TPSA) is 78.9 Å². The van der Waals surface area contributed by atoms with Gasteiger partial charge in [-0.25, -0.2) is 0 Å². The molecule has 6 nitrogen and oxygen atoms in total. The second kappa shape index (κ2) is 7.46. The van der Waals surface area contributed by atoms with Crippen LogP contribution in [-0.2, 0) is 28.6 Å². The number of ether oxygens (including phenoxy) is 3. The average Bonchev–Trinajstić information content (AvgIpc) is 3.16. The fraction of sp³-hybridized carbons (Fsp3) is 0.885. The normalized spacial score (nSPS) is 51.5. The zero-order valence-electron chi connectivity index (χ0n) is 20.1. The van der Waals surface area contributed by atoms with Gasteiger partial charge >= 0.3 is 17.9 Å². The molecule has 5 fully saturated rings. The van der Waals surface area contributed by atoms with E-state index in [2.05, 4.69) is 13.8 Å². The Hall–Kier alpha value is -1.59. The van der Waals surface area contributed by atoms with Gasteiger partial charge in [-0.05, 0) is 74.0 Å². The SMILES string of the molecule is CC(=O)O[C@H]1CC[C@@]2(C)[C@@H](CC[C@@H]3[C@@H]2C[C@@H](OC(C)=O)[C@]2(C)[C@@H]4[C@H](C[C@@H]32)OC(=O)[C@H]4C)C1. The first kappa shape index (κ1) is 22.2. The fourth-order valence-electron chi connectivity index (χ4n) is 9.30. The minimum absolute atomic E-state index is 0.0337. The van der Waals surface area contributed by atoms with Crippen LogP contribution in [0, 0.1) is 46.3 Å². The van der Waals surface area contributed by atoms with Crippen molar-refractivity contribution in [3.63, 3.8) is 0 Å². The molecule has 1 saturated heterocycles. The van der Waals surface area contributed by atoms with Gasteiger partial charge in [-0.2, -0.15) is 0 Å². The maximum atomic E-state index is 12.4. The van der Waals surface area contributed by atoms with Crippen LogP contribution in [0.2, 0.25) is 0 Å². The van der Waals surface area contributed by atoms with E-state index in [1.165, 1.54) is 13.8 Å². The first-order chi connectivity index (χ1) is 15.1. The summed E-state index contributed by atoms with van der Waals surface area (Å²) in [6.45, 7) is 9.71. The van der Waals surface area contributed by atoms with E-state index < -0.39 is 0 Å². The van der Waals surface area contributed by atoms with E-state index >= 15 is 0 Å². The third kappa shape index (κ3) is 3.07. The Morgan fingerprint density at radius 3 is 2.38 bits per heavy atom. The number of rotatable bonds is 2. The summed E-state index contributed by atoms with van der Waals surface area (Å²) in [6, 6.07) is 0. The Bertz CT molecular complexity index is 823. The quantitative estimate of drug-likeness (QED) is 0.465. The maximum Gasteiger partial charge on any atom is 0.309 e. The molecule has 0 amide bonds. The summed E-state index contributed by atoms with van der Waals surface area (Å²) in [7, 11) is 0. The zero-order chi connectivity index (χ0) is 23.0. The third-order valence-corrected chi connectivity index (χ3v) is 10.6. The molecule has 0 N–H and O–H groups in total. The number of carbonyl (C=O) groups is 3. The molecule has 32 heavy (non-hydrogen) atoms. The lowest BCUT2D eigenvalue weighted by Gasteiger charge is -2.62. The van der Waals surface area contributed by atoms with Gasteiger partial charge in [0.2, 0.25) is 0 Å². The second-order valence-electron chi connectivity index (χ2n) is 11.9. The second-order valence-corrected chi connectivity index (χ2v) is 11.9. The van der Waals surface area contributed by atoms with Gasteiger partial charge in [-0.3, -0.25) is 14.4 Å². The Morgan fingerprint density at radius 2 is 1.69 bits per heavy atom. The number of hydrogen-bond donors (Lipinski definition) is 0. The molecule has 178 valence electrons. The van der Waals surface area contributed by atoms with Gasteiger partial charge in [0.05, 0.1) is 5.92 Å². The first-order valence-electron chi connectivity index (χ1n) is 12.6. The van der Waals surface area contributed by atoms with E-state index in [-0.39, 0.29) is 58.9 Å². The molecule has 4 saturated carbocycles. The molecule has 5 rings (SSSR count). The largest absolute Gasteiger partial charge is 0.463 e. The summed E-state index contributed by atoms with van der Waals surface area (Å²) in [5, 5.41) is 0. The van der Waals surface area contributed by atoms with Crippen molar-refractivity contribution in [1.29, 1.82) is 0 Å². The highest BCUT2D eigenvalue weighted by atomic mass is 16.6. The van der Waals surface area contributed by atoms with Crippen molar-refractivity contribution < 1.29 is 28.6 Å². The highest BCUT2D eigenvalue weighted by molar-refractivity contribution is 5.75. The van der Waals surface area contributed by atoms with Crippen molar-refractivity contribution >= 4 is 17.9 Å². The van der Waals surface area contributed by atoms with Crippen LogP contribution in [0.25, 0.3) is 0 Å². The van der Waals surface area contributed by atoms with E-state index in [1.807, 2.05) is 6.92 Å². The number of fused-ring (bicyclic) bond motifs is 7. The number of hydrogen-bond acceptors (Lipinski definition) is 6. The van der Waals surface area contributed by atoms with Crippen molar-refractivity contribution in [2.24, 2.45) is 46.3 Å². The molecule has 6 heteroatoms. The van der Waals surface area contributed by atoms with Crippen LogP contribution in [0.15, 0.2) is 0 Å². The Labute approximate surface area is 191 Å². The maximum absolute atomic E-state index is 12.4. The zero-order valence-corrected chi connectivity index (χ0v) is 20.1. The molecule has 0 aromatic carbocycles. The van der Waals surface area contributed by atoms with Crippen LogP contribution in [0.1, 0.15) is 79.6 Å². The summed E-state index contributed by atoms with van der Waals surface area (Å²) >= 11 is 0. The van der Waals surface area contributed by atoms with E-state index in [1.54, 1.807) is 0 Å². The summed E-state index contributed by atoms with van der Waals surface area (Å²) in [6.07, 6.45) is 6.79. The van der Waals surface area contributed by atoms with E-state index in [0.29, 0.717) is 23.7 Å². The molecule has 5 aliphatic rings. The van der Waals surface area contributed by atoms with Crippen molar-refractivity contribution in [2.75, 3.05) is 0 Å². The molecular formula is C26H38O6. The van der Waals surface area contributed by atoms with Crippen molar-refractivity contribution in [3.8, 4) is 0 Å². The summed E-state index contributed by atoms with van der Waals surface area (Å²) in [4.78, 5) is 36.1. The van der Waals surface area contributed by atoms with Crippen LogP contribution in [-0.4, -0.2) is 36.2 Å². The third-order valence-electron chi connectivity index (χ3n) is 10.6. The molecule has 0 spiro atoms. The minimum atomic E-state index is -0.231. The lowest BCUT2D eigenvalue weighted by atomic mass is 9.43. The molecule has 0 bridgehead atoms. The molecule has 0 radical (unpaired) electrons.